The van der Waals surface area contributed by atoms with Crippen LogP contribution in [0.2, 0.25) is 0 Å². The minimum absolute atomic E-state index is 0.00584. The number of amides is 1. The van der Waals surface area contributed by atoms with Gasteiger partial charge in [0, 0.05) is 31.4 Å². The van der Waals surface area contributed by atoms with Gasteiger partial charge in [0.05, 0.1) is 28.6 Å². The van der Waals surface area contributed by atoms with E-state index >= 15 is 0 Å². The van der Waals surface area contributed by atoms with Gasteiger partial charge >= 0.3 is 0 Å². The Bertz CT molecular complexity index is 1280. The first-order chi connectivity index (χ1) is 15.3. The third-order valence-corrected chi connectivity index (χ3v) is 5.16. The molecule has 1 atom stereocenters. The Morgan fingerprint density at radius 1 is 1.19 bits per heavy atom. The van der Waals surface area contributed by atoms with Crippen LogP contribution in [0, 0.1) is 18.6 Å². The van der Waals surface area contributed by atoms with Crippen LogP contribution in [-0.4, -0.2) is 37.6 Å². The van der Waals surface area contributed by atoms with Gasteiger partial charge in [-0.3, -0.25) is 9.78 Å². The summed E-state index contributed by atoms with van der Waals surface area (Å²) in [7, 11) is 1.71. The quantitative estimate of drug-likeness (QED) is 0.497. The molecule has 0 saturated carbocycles. The van der Waals surface area contributed by atoms with Crippen LogP contribution in [0.1, 0.15) is 34.5 Å². The molecule has 4 rings (SSSR count). The van der Waals surface area contributed by atoms with Crippen molar-refractivity contribution in [1.29, 1.82) is 0 Å². The van der Waals surface area contributed by atoms with Crippen LogP contribution in [0.3, 0.4) is 0 Å². The molecular formula is C22H20F2N6O2. The van der Waals surface area contributed by atoms with Crippen molar-refractivity contribution >= 4 is 5.91 Å². The number of rotatable bonds is 6. The average molecular weight is 438 g/mol. The van der Waals surface area contributed by atoms with E-state index in [2.05, 4.69) is 25.7 Å². The first-order valence-corrected chi connectivity index (χ1v) is 9.77. The van der Waals surface area contributed by atoms with E-state index in [1.807, 2.05) is 32.0 Å². The lowest BCUT2D eigenvalue weighted by Crippen LogP contribution is -2.40. The Morgan fingerprint density at radius 3 is 2.69 bits per heavy atom. The second-order valence-electron chi connectivity index (χ2n) is 7.60. The summed E-state index contributed by atoms with van der Waals surface area (Å²) in [6.07, 6.45) is 1.63. The molecule has 3 aromatic heterocycles. The zero-order chi connectivity index (χ0) is 22.9. The third-order valence-electron chi connectivity index (χ3n) is 5.16. The molecule has 1 unspecified atom stereocenters. The second-order valence-corrected chi connectivity index (χ2v) is 7.60. The highest BCUT2D eigenvalue weighted by Gasteiger charge is 2.34. The van der Waals surface area contributed by atoms with Gasteiger partial charge in [-0.2, -0.15) is 15.0 Å². The lowest BCUT2D eigenvalue weighted by atomic mass is 9.82. The lowest BCUT2D eigenvalue weighted by molar-refractivity contribution is 0.0938. The topological polar surface area (TPSA) is 98.7 Å². The van der Waals surface area contributed by atoms with Gasteiger partial charge in [-0.15, -0.1) is 0 Å². The first-order valence-electron chi connectivity index (χ1n) is 9.77. The van der Waals surface area contributed by atoms with Gasteiger partial charge in [0.25, 0.3) is 5.91 Å². The Morgan fingerprint density at radius 2 is 2.00 bits per heavy atom. The summed E-state index contributed by atoms with van der Waals surface area (Å²) in [4.78, 5) is 18.8. The molecule has 8 nitrogen and oxygen atoms in total. The zero-order valence-corrected chi connectivity index (χ0v) is 17.6. The maximum Gasteiger partial charge on any atom is 0.273 e. The van der Waals surface area contributed by atoms with E-state index in [0.717, 1.165) is 17.8 Å². The van der Waals surface area contributed by atoms with Gasteiger partial charge in [-0.05, 0) is 38.1 Å². The van der Waals surface area contributed by atoms with Crippen LogP contribution in [0.15, 0.2) is 53.2 Å². The monoisotopic (exact) mass is 438 g/mol. The number of aryl methyl sites for hydroxylation is 2. The number of hydrogen-bond donors (Lipinski definition) is 1. The molecule has 0 aliphatic rings. The highest BCUT2D eigenvalue weighted by atomic mass is 19.1. The molecule has 0 radical (unpaired) electrons. The number of hydrogen-bond acceptors (Lipinski definition) is 6. The molecule has 0 spiro atoms. The molecule has 10 heteroatoms. The zero-order valence-electron chi connectivity index (χ0n) is 17.6. The minimum atomic E-state index is -0.811. The van der Waals surface area contributed by atoms with E-state index in [4.69, 9.17) is 4.52 Å². The van der Waals surface area contributed by atoms with Crippen LogP contribution >= 0.6 is 0 Å². The fourth-order valence-electron chi connectivity index (χ4n) is 3.31. The van der Waals surface area contributed by atoms with E-state index in [1.165, 1.54) is 16.9 Å². The molecule has 0 saturated heterocycles. The molecule has 32 heavy (non-hydrogen) atoms. The highest BCUT2D eigenvalue weighted by Crippen LogP contribution is 2.29. The number of benzene rings is 1. The number of pyridine rings is 1. The average Bonchev–Trinajstić information content (AvgIpc) is 3.41. The molecule has 0 aliphatic carbocycles. The summed E-state index contributed by atoms with van der Waals surface area (Å²) >= 11 is 0. The molecular weight excluding hydrogens is 418 g/mol. The van der Waals surface area contributed by atoms with Gasteiger partial charge in [0.2, 0.25) is 0 Å². The van der Waals surface area contributed by atoms with Crippen molar-refractivity contribution in [3.05, 3.63) is 83.1 Å². The maximum atomic E-state index is 14.0. The minimum Gasteiger partial charge on any atom is -0.355 e. The summed E-state index contributed by atoms with van der Waals surface area (Å²) in [5, 5.41) is 15.1. The van der Waals surface area contributed by atoms with Crippen molar-refractivity contribution in [1.82, 2.24) is 30.5 Å². The van der Waals surface area contributed by atoms with Crippen molar-refractivity contribution in [2.45, 2.75) is 19.3 Å². The summed E-state index contributed by atoms with van der Waals surface area (Å²) in [6, 6.07) is 9.98. The smallest absolute Gasteiger partial charge is 0.273 e. The maximum absolute atomic E-state index is 14.0. The van der Waals surface area contributed by atoms with Crippen LogP contribution < -0.4 is 5.32 Å². The van der Waals surface area contributed by atoms with E-state index in [9.17, 15) is 13.6 Å². The van der Waals surface area contributed by atoms with Crippen molar-refractivity contribution in [2.24, 2.45) is 7.05 Å². The summed E-state index contributed by atoms with van der Waals surface area (Å²) < 4.78 is 32.3. The molecule has 0 fully saturated rings. The van der Waals surface area contributed by atoms with Gasteiger partial charge in [0.1, 0.15) is 11.6 Å². The molecule has 3 heterocycles. The predicted octanol–water partition coefficient (Wildman–Crippen LogP) is 3.19. The van der Waals surface area contributed by atoms with Crippen LogP contribution in [-0.2, 0) is 12.5 Å². The largest absolute Gasteiger partial charge is 0.355 e. The number of halogens is 2. The third kappa shape index (κ3) is 4.11. The molecule has 0 aliphatic heterocycles. The molecule has 4 aromatic rings. The summed E-state index contributed by atoms with van der Waals surface area (Å²) in [5.74, 6) is -2.03. The van der Waals surface area contributed by atoms with Crippen LogP contribution in [0.25, 0.3) is 11.3 Å². The fraction of sp³-hybridized carbons (Fsp3) is 0.227. The van der Waals surface area contributed by atoms with Gasteiger partial charge in [0.15, 0.2) is 11.5 Å². The SMILES string of the molecule is Cc1cccc(C(C)(CNC(=O)c2cc(-c3ccc(F)cc3F)on2)c2cnn(C)n2)n1. The standard InChI is InChI=1S/C22H20F2N6O2/c1-13-5-4-6-19(27-13)22(2,20-11-26-30(3)28-20)12-25-21(31)17-10-18(32-29-17)15-8-7-14(23)9-16(15)24/h4-11H,12H2,1-3H3,(H,25,31). The Hall–Kier alpha value is -3.95. The normalized spacial score (nSPS) is 13.0. The Kier molecular flexibility index (Phi) is 5.52. The van der Waals surface area contributed by atoms with Gasteiger partial charge < -0.3 is 9.84 Å². The molecule has 0 bridgehead atoms. The van der Waals surface area contributed by atoms with E-state index in [1.54, 1.807) is 13.2 Å². The Labute approximate surface area is 182 Å². The van der Waals surface area contributed by atoms with Crippen LogP contribution in [0.5, 0.6) is 0 Å². The number of nitrogens with one attached hydrogen (secondary N) is 1. The van der Waals surface area contributed by atoms with E-state index in [0.29, 0.717) is 11.4 Å². The number of aromatic nitrogens is 5. The fourth-order valence-corrected chi connectivity index (χ4v) is 3.31. The summed E-state index contributed by atoms with van der Waals surface area (Å²) in [5.41, 5.74) is 1.37. The van der Waals surface area contributed by atoms with Gasteiger partial charge in [-0.25, -0.2) is 8.78 Å². The van der Waals surface area contributed by atoms with Crippen LogP contribution in [0.4, 0.5) is 8.78 Å². The molecule has 1 N–H and O–H groups in total. The number of carbonyl (C=O) groups is 1. The number of nitrogens with zero attached hydrogens (tertiary/aromatic N) is 5. The Balaban J connectivity index is 1.58. The van der Waals surface area contributed by atoms with Crippen molar-refractivity contribution < 1.29 is 18.1 Å². The predicted molar refractivity (Wildman–Crippen MR) is 111 cm³/mol. The highest BCUT2D eigenvalue weighted by molar-refractivity contribution is 5.93. The van der Waals surface area contributed by atoms with E-state index in [-0.39, 0.29) is 23.6 Å². The number of carbonyl (C=O) groups excluding carboxylic acids is 1. The van der Waals surface area contributed by atoms with E-state index < -0.39 is 23.0 Å². The summed E-state index contributed by atoms with van der Waals surface area (Å²) in [6.45, 7) is 3.93. The van der Waals surface area contributed by atoms with Crippen molar-refractivity contribution in [3.63, 3.8) is 0 Å². The molecule has 164 valence electrons. The van der Waals surface area contributed by atoms with Gasteiger partial charge in [-0.1, -0.05) is 11.2 Å². The second kappa shape index (κ2) is 8.29. The van der Waals surface area contributed by atoms with Crippen molar-refractivity contribution in [3.8, 4) is 11.3 Å². The molecule has 1 aromatic carbocycles. The first kappa shape index (κ1) is 21.3. The molecule has 1 amide bonds. The lowest BCUT2D eigenvalue weighted by Gasteiger charge is -2.27. The van der Waals surface area contributed by atoms with Crippen molar-refractivity contribution in [2.75, 3.05) is 6.54 Å².